The maximum atomic E-state index is 2.49. The number of hydrogen-bond donors (Lipinski definition) is 0. The quantitative estimate of drug-likeness (QED) is 0.601. The van der Waals surface area contributed by atoms with Crippen LogP contribution < -0.4 is 0 Å². The maximum absolute atomic E-state index is 2.49. The van der Waals surface area contributed by atoms with Crippen LogP contribution in [0.3, 0.4) is 0 Å². The van der Waals surface area contributed by atoms with Crippen LogP contribution in [0, 0.1) is 0 Å². The summed E-state index contributed by atoms with van der Waals surface area (Å²) in [4.78, 5) is 0. The van der Waals surface area contributed by atoms with Crippen molar-refractivity contribution in [1.82, 2.24) is 0 Å². The van der Waals surface area contributed by atoms with Crippen molar-refractivity contribution >= 4 is 0 Å². The molecule has 0 saturated carbocycles. The summed E-state index contributed by atoms with van der Waals surface area (Å²) < 4.78 is 0. The summed E-state index contributed by atoms with van der Waals surface area (Å²) in [6, 6.07) is 0. The molecule has 0 nitrogen and oxygen atoms in total. The fraction of sp³-hybridized carbons (Fsp3) is 0.714. The molecule has 0 aliphatic heterocycles. The summed E-state index contributed by atoms with van der Waals surface area (Å²) in [5.74, 6) is 0. The van der Waals surface area contributed by atoms with E-state index in [4.69, 9.17) is 0 Å². The molecule has 1 aromatic carbocycles. The van der Waals surface area contributed by atoms with E-state index in [1.165, 1.54) is 38.5 Å². The minimum absolute atomic E-state index is 0.384. The highest BCUT2D eigenvalue weighted by Gasteiger charge is 2.47. The van der Waals surface area contributed by atoms with Gasteiger partial charge in [0, 0.05) is 0 Å². The van der Waals surface area contributed by atoms with Crippen LogP contribution in [0.15, 0.2) is 0 Å². The van der Waals surface area contributed by atoms with Crippen LogP contribution in [0.2, 0.25) is 0 Å². The maximum Gasteiger partial charge on any atom is -0.00945 e. The molecule has 0 bridgehead atoms. The molecular formula is C21H30. The van der Waals surface area contributed by atoms with Crippen LogP contribution in [0.5, 0.6) is 0 Å². The normalized spacial score (nSPS) is 26.6. The van der Waals surface area contributed by atoms with Crippen molar-refractivity contribution in [3.63, 3.8) is 0 Å². The molecule has 0 N–H and O–H groups in total. The lowest BCUT2D eigenvalue weighted by Gasteiger charge is -2.32. The molecule has 114 valence electrons. The first-order valence-electron chi connectivity index (χ1n) is 8.87. The van der Waals surface area contributed by atoms with Crippen molar-refractivity contribution in [1.29, 1.82) is 0 Å². The van der Waals surface area contributed by atoms with Gasteiger partial charge in [-0.15, -0.1) is 0 Å². The predicted molar refractivity (Wildman–Crippen MR) is 90.5 cm³/mol. The second kappa shape index (κ2) is 3.76. The summed E-state index contributed by atoms with van der Waals surface area (Å²) in [5, 5.41) is 0. The van der Waals surface area contributed by atoms with Gasteiger partial charge in [0.05, 0.1) is 0 Å². The zero-order valence-electron chi connectivity index (χ0n) is 14.7. The van der Waals surface area contributed by atoms with Gasteiger partial charge in [0.15, 0.2) is 0 Å². The Balaban J connectivity index is 2.14. The van der Waals surface area contributed by atoms with Gasteiger partial charge in [-0.05, 0) is 88.2 Å². The highest BCUT2D eigenvalue weighted by Crippen LogP contribution is 2.56. The van der Waals surface area contributed by atoms with Crippen LogP contribution >= 0.6 is 0 Å². The first-order chi connectivity index (χ1) is 9.65. The third-order valence-electron chi connectivity index (χ3n) is 6.85. The topological polar surface area (TPSA) is 0 Å². The fourth-order valence-electron chi connectivity index (χ4n) is 5.71. The largest absolute Gasteiger partial charge is 0.0558 e. The molecule has 0 radical (unpaired) electrons. The Morgan fingerprint density at radius 1 is 0.476 bits per heavy atom. The Morgan fingerprint density at radius 3 is 1.33 bits per heavy atom. The minimum Gasteiger partial charge on any atom is -0.0558 e. The van der Waals surface area contributed by atoms with E-state index in [1.807, 2.05) is 0 Å². The lowest BCUT2D eigenvalue weighted by Crippen LogP contribution is -2.24. The molecule has 0 spiro atoms. The number of fused-ring (bicyclic) bond motifs is 6. The van der Waals surface area contributed by atoms with Gasteiger partial charge < -0.3 is 0 Å². The van der Waals surface area contributed by atoms with E-state index in [9.17, 15) is 0 Å². The number of hydrogen-bond acceptors (Lipinski definition) is 0. The van der Waals surface area contributed by atoms with Crippen LogP contribution in [0.1, 0.15) is 94.2 Å². The highest BCUT2D eigenvalue weighted by molar-refractivity contribution is 5.64. The van der Waals surface area contributed by atoms with E-state index in [1.54, 1.807) is 33.4 Å². The second-order valence-corrected chi connectivity index (χ2v) is 9.71. The molecule has 0 atom stereocenters. The van der Waals surface area contributed by atoms with Gasteiger partial charge in [0.1, 0.15) is 0 Å². The Hall–Kier alpha value is -0.780. The molecule has 1 aromatic rings. The van der Waals surface area contributed by atoms with E-state index < -0.39 is 0 Å². The summed E-state index contributed by atoms with van der Waals surface area (Å²) in [5.41, 5.74) is 11.8. The smallest absolute Gasteiger partial charge is 0.00945 e. The summed E-state index contributed by atoms with van der Waals surface area (Å²) in [6.07, 6.45) is 8.02. The van der Waals surface area contributed by atoms with E-state index in [2.05, 4.69) is 41.5 Å². The molecule has 0 fully saturated rings. The average Bonchev–Trinajstić information content (AvgIpc) is 2.94. The van der Waals surface area contributed by atoms with Crippen molar-refractivity contribution in [2.24, 2.45) is 0 Å². The minimum atomic E-state index is 0.384. The Bertz CT molecular complexity index is 641. The Morgan fingerprint density at radius 2 is 0.810 bits per heavy atom. The van der Waals surface area contributed by atoms with Crippen molar-refractivity contribution in [3.05, 3.63) is 33.4 Å². The fourth-order valence-corrected chi connectivity index (χ4v) is 5.71. The number of rotatable bonds is 0. The lowest BCUT2D eigenvalue weighted by molar-refractivity contribution is 0.480. The predicted octanol–water partition coefficient (Wildman–Crippen LogP) is 5.36. The molecule has 3 aliphatic carbocycles. The Kier molecular flexibility index (Phi) is 2.48. The summed E-state index contributed by atoms with van der Waals surface area (Å²) in [6.45, 7) is 14.9. The third-order valence-corrected chi connectivity index (χ3v) is 6.85. The van der Waals surface area contributed by atoms with Gasteiger partial charge in [-0.3, -0.25) is 0 Å². The van der Waals surface area contributed by atoms with Gasteiger partial charge in [0.25, 0.3) is 0 Å². The average molecular weight is 282 g/mol. The zero-order valence-corrected chi connectivity index (χ0v) is 14.7. The standard InChI is InChI=1S/C21H30/c1-19(2)10-7-13-14-8-11-20(3,4)17(14)18-15(16(13)19)9-12-21(18,5)6/h7-12H2,1-6H3. The molecule has 0 heteroatoms. The van der Waals surface area contributed by atoms with Gasteiger partial charge in [0.2, 0.25) is 0 Å². The van der Waals surface area contributed by atoms with Crippen molar-refractivity contribution < 1.29 is 0 Å². The second-order valence-electron chi connectivity index (χ2n) is 9.71. The van der Waals surface area contributed by atoms with Gasteiger partial charge in [-0.1, -0.05) is 41.5 Å². The third kappa shape index (κ3) is 1.63. The van der Waals surface area contributed by atoms with E-state index in [0.29, 0.717) is 16.2 Å². The van der Waals surface area contributed by atoms with Crippen molar-refractivity contribution in [3.8, 4) is 0 Å². The molecule has 0 unspecified atom stereocenters. The molecule has 0 heterocycles. The van der Waals surface area contributed by atoms with Crippen LogP contribution in [0.4, 0.5) is 0 Å². The van der Waals surface area contributed by atoms with Gasteiger partial charge in [-0.2, -0.15) is 0 Å². The van der Waals surface area contributed by atoms with Gasteiger partial charge >= 0.3 is 0 Å². The lowest BCUT2D eigenvalue weighted by atomic mass is 9.72. The first-order valence-corrected chi connectivity index (χ1v) is 8.87. The number of benzene rings is 1. The van der Waals surface area contributed by atoms with E-state index in [-0.39, 0.29) is 0 Å². The zero-order chi connectivity index (χ0) is 15.2. The molecule has 21 heavy (non-hydrogen) atoms. The molecular weight excluding hydrogens is 252 g/mol. The molecule has 3 aliphatic rings. The first kappa shape index (κ1) is 13.9. The molecule has 0 saturated heterocycles. The molecule has 0 aromatic heterocycles. The van der Waals surface area contributed by atoms with Crippen LogP contribution in [-0.2, 0) is 35.5 Å². The summed E-state index contributed by atoms with van der Waals surface area (Å²) >= 11 is 0. The molecule has 0 amide bonds. The van der Waals surface area contributed by atoms with Crippen LogP contribution in [0.25, 0.3) is 0 Å². The molecule has 4 rings (SSSR count). The van der Waals surface area contributed by atoms with Crippen molar-refractivity contribution in [2.75, 3.05) is 0 Å². The van der Waals surface area contributed by atoms with Gasteiger partial charge in [-0.25, -0.2) is 0 Å². The van der Waals surface area contributed by atoms with E-state index in [0.717, 1.165) is 0 Å². The van der Waals surface area contributed by atoms with Crippen molar-refractivity contribution in [2.45, 2.75) is 96.3 Å². The van der Waals surface area contributed by atoms with Crippen LogP contribution in [-0.4, -0.2) is 0 Å². The highest BCUT2D eigenvalue weighted by atomic mass is 14.5. The Labute approximate surface area is 130 Å². The summed E-state index contributed by atoms with van der Waals surface area (Å²) in [7, 11) is 0. The van der Waals surface area contributed by atoms with E-state index >= 15 is 0 Å². The SMILES string of the molecule is CC1(C)CCc2c3c(c4c(c21)CCC4(C)C)C(C)(C)CC3. The monoisotopic (exact) mass is 282 g/mol.